The molecule has 0 saturated heterocycles. The SMILES string of the molecule is CNC1CCC(N(Cc2cc(-c3cccnc3F)ccc2OC)C(=O)c2sc3cccc(C)c3c2Cl)CC1. The topological polar surface area (TPSA) is 54.5 Å². The highest BCUT2D eigenvalue weighted by molar-refractivity contribution is 7.21. The van der Waals surface area contributed by atoms with Gasteiger partial charge in [0.2, 0.25) is 5.95 Å². The molecule has 1 saturated carbocycles. The molecule has 2 heterocycles. The lowest BCUT2D eigenvalue weighted by Gasteiger charge is -2.37. The number of thiophene rings is 1. The third-order valence-corrected chi connectivity index (χ3v) is 9.19. The molecule has 5 rings (SSSR count). The summed E-state index contributed by atoms with van der Waals surface area (Å²) in [7, 11) is 3.60. The molecule has 0 bridgehead atoms. The molecule has 2 aromatic heterocycles. The number of benzene rings is 2. The van der Waals surface area contributed by atoms with Gasteiger partial charge in [0.15, 0.2) is 0 Å². The number of amides is 1. The number of hydrogen-bond donors (Lipinski definition) is 1. The van der Waals surface area contributed by atoms with Crippen LogP contribution in [0.3, 0.4) is 0 Å². The molecule has 198 valence electrons. The zero-order chi connectivity index (χ0) is 26.8. The van der Waals surface area contributed by atoms with Crippen molar-refractivity contribution in [2.45, 2.75) is 51.2 Å². The Morgan fingerprint density at radius 2 is 1.97 bits per heavy atom. The van der Waals surface area contributed by atoms with Crippen molar-refractivity contribution in [1.29, 1.82) is 0 Å². The smallest absolute Gasteiger partial charge is 0.266 e. The van der Waals surface area contributed by atoms with Crippen molar-refractivity contribution in [3.05, 3.63) is 81.7 Å². The molecular weight excluding hydrogens is 521 g/mol. The Hall–Kier alpha value is -3.00. The molecule has 1 fully saturated rings. The van der Waals surface area contributed by atoms with E-state index in [9.17, 15) is 9.18 Å². The zero-order valence-electron chi connectivity index (χ0n) is 21.8. The van der Waals surface area contributed by atoms with Crippen LogP contribution in [0.25, 0.3) is 21.2 Å². The molecule has 5 nitrogen and oxygen atoms in total. The first-order valence-electron chi connectivity index (χ1n) is 12.8. The molecule has 8 heteroatoms. The maximum Gasteiger partial charge on any atom is 0.266 e. The number of carbonyl (C=O) groups excluding carboxylic acids is 1. The molecule has 1 amide bonds. The van der Waals surface area contributed by atoms with Crippen LogP contribution < -0.4 is 10.1 Å². The van der Waals surface area contributed by atoms with E-state index in [0.29, 0.717) is 39.4 Å². The third-order valence-electron chi connectivity index (χ3n) is 7.56. The minimum Gasteiger partial charge on any atom is -0.496 e. The van der Waals surface area contributed by atoms with E-state index in [1.165, 1.54) is 17.5 Å². The minimum absolute atomic E-state index is 0.0537. The van der Waals surface area contributed by atoms with Crippen molar-refractivity contribution in [2.75, 3.05) is 14.2 Å². The predicted molar refractivity (Wildman–Crippen MR) is 153 cm³/mol. The van der Waals surface area contributed by atoms with Crippen LogP contribution in [0.4, 0.5) is 4.39 Å². The van der Waals surface area contributed by atoms with Gasteiger partial charge >= 0.3 is 0 Å². The standard InChI is InChI=1S/C30H31ClFN3O2S/c1-18-6-4-8-25-26(18)27(31)28(38-25)30(36)35(22-12-10-21(33-2)11-13-22)17-20-16-19(9-14-24(20)37-3)23-7-5-15-34-29(23)32/h4-9,14-16,21-22,33H,10-13,17H2,1-3H3. The second-order valence-corrected chi connectivity index (χ2v) is 11.2. The van der Waals surface area contributed by atoms with Crippen molar-refractivity contribution in [3.8, 4) is 16.9 Å². The maximum atomic E-state index is 14.5. The van der Waals surface area contributed by atoms with E-state index in [1.54, 1.807) is 19.2 Å². The molecule has 1 N–H and O–H groups in total. The van der Waals surface area contributed by atoms with Gasteiger partial charge in [-0.1, -0.05) is 29.8 Å². The zero-order valence-corrected chi connectivity index (χ0v) is 23.3. The quantitative estimate of drug-likeness (QED) is 0.246. The molecule has 1 aliphatic rings. The van der Waals surface area contributed by atoms with Crippen LogP contribution in [0.5, 0.6) is 5.75 Å². The minimum atomic E-state index is -0.533. The molecule has 0 radical (unpaired) electrons. The monoisotopic (exact) mass is 551 g/mol. The molecular formula is C30H31ClFN3O2S. The fourth-order valence-corrected chi connectivity index (χ4v) is 7.07. The third kappa shape index (κ3) is 5.15. The largest absolute Gasteiger partial charge is 0.496 e. The van der Waals surface area contributed by atoms with Crippen molar-refractivity contribution in [2.24, 2.45) is 0 Å². The van der Waals surface area contributed by atoms with Gasteiger partial charge in [0.1, 0.15) is 10.6 Å². The lowest BCUT2D eigenvalue weighted by Crippen LogP contribution is -2.44. The average molecular weight is 552 g/mol. The van der Waals surface area contributed by atoms with Gasteiger partial charge in [-0.2, -0.15) is 4.39 Å². The number of carbonyl (C=O) groups is 1. The number of hydrogen-bond acceptors (Lipinski definition) is 5. The first-order valence-corrected chi connectivity index (χ1v) is 14.0. The van der Waals surface area contributed by atoms with Crippen LogP contribution >= 0.6 is 22.9 Å². The van der Waals surface area contributed by atoms with Crippen LogP contribution in [0.2, 0.25) is 5.02 Å². The summed E-state index contributed by atoms with van der Waals surface area (Å²) in [4.78, 5) is 20.5. The van der Waals surface area contributed by atoms with Crippen LogP contribution in [0, 0.1) is 12.9 Å². The maximum absolute atomic E-state index is 14.5. The number of fused-ring (bicyclic) bond motifs is 1. The average Bonchev–Trinajstić information content (AvgIpc) is 3.29. The Kier molecular flexibility index (Phi) is 7.98. The normalized spacial score (nSPS) is 17.5. The lowest BCUT2D eigenvalue weighted by molar-refractivity contribution is 0.0604. The van der Waals surface area contributed by atoms with Gasteiger partial charge in [0.25, 0.3) is 5.91 Å². The second-order valence-electron chi connectivity index (χ2n) is 9.79. The number of pyridine rings is 1. The number of aromatic nitrogens is 1. The van der Waals surface area contributed by atoms with Crippen LogP contribution in [-0.4, -0.2) is 42.0 Å². The molecule has 2 aromatic carbocycles. The number of rotatable bonds is 7. The first kappa shape index (κ1) is 26.6. The summed E-state index contributed by atoms with van der Waals surface area (Å²) in [5.74, 6) is 0.0379. The number of methoxy groups -OCH3 is 1. The molecule has 1 aliphatic carbocycles. The Morgan fingerprint density at radius 3 is 2.66 bits per heavy atom. The van der Waals surface area contributed by atoms with E-state index in [-0.39, 0.29) is 11.9 Å². The fraction of sp³-hybridized carbons (Fsp3) is 0.333. The van der Waals surface area contributed by atoms with E-state index in [2.05, 4.69) is 10.3 Å². The molecule has 38 heavy (non-hydrogen) atoms. The summed E-state index contributed by atoms with van der Waals surface area (Å²) < 4.78 is 21.2. The van der Waals surface area contributed by atoms with Gasteiger partial charge in [-0.15, -0.1) is 11.3 Å². The summed E-state index contributed by atoms with van der Waals surface area (Å²) in [5, 5.41) is 4.82. The van der Waals surface area contributed by atoms with Gasteiger partial charge in [-0.25, -0.2) is 4.98 Å². The van der Waals surface area contributed by atoms with Crippen molar-refractivity contribution in [1.82, 2.24) is 15.2 Å². The summed E-state index contributed by atoms with van der Waals surface area (Å²) in [6, 6.07) is 15.5. The lowest BCUT2D eigenvalue weighted by atomic mass is 9.89. The number of aryl methyl sites for hydroxylation is 1. The highest BCUT2D eigenvalue weighted by Gasteiger charge is 2.32. The summed E-state index contributed by atoms with van der Waals surface area (Å²) in [6.07, 6.45) is 5.18. The molecule has 4 aromatic rings. The summed E-state index contributed by atoms with van der Waals surface area (Å²) in [5.41, 5.74) is 2.96. The second kappa shape index (κ2) is 11.4. The fourth-order valence-electron chi connectivity index (χ4n) is 5.44. The number of nitrogens with one attached hydrogen (secondary N) is 1. The Balaban J connectivity index is 1.55. The summed E-state index contributed by atoms with van der Waals surface area (Å²) >= 11 is 8.29. The molecule has 0 spiro atoms. The highest BCUT2D eigenvalue weighted by Crippen LogP contribution is 2.40. The Morgan fingerprint density at radius 1 is 1.18 bits per heavy atom. The van der Waals surface area contributed by atoms with E-state index in [4.69, 9.17) is 16.3 Å². The van der Waals surface area contributed by atoms with Crippen molar-refractivity contribution < 1.29 is 13.9 Å². The first-order chi connectivity index (χ1) is 18.4. The van der Waals surface area contributed by atoms with Crippen molar-refractivity contribution in [3.63, 3.8) is 0 Å². The predicted octanol–water partition coefficient (Wildman–Crippen LogP) is 7.25. The molecule has 0 unspecified atom stereocenters. The Bertz CT molecular complexity index is 1470. The van der Waals surface area contributed by atoms with E-state index < -0.39 is 5.95 Å². The van der Waals surface area contributed by atoms with E-state index in [0.717, 1.165) is 46.9 Å². The highest BCUT2D eigenvalue weighted by atomic mass is 35.5. The van der Waals surface area contributed by atoms with Crippen LogP contribution in [-0.2, 0) is 6.54 Å². The molecule has 0 aliphatic heterocycles. The van der Waals surface area contributed by atoms with E-state index in [1.807, 2.05) is 55.3 Å². The van der Waals surface area contributed by atoms with Crippen LogP contribution in [0.1, 0.15) is 46.5 Å². The number of ether oxygens (including phenoxy) is 1. The van der Waals surface area contributed by atoms with Gasteiger partial charge in [-0.3, -0.25) is 4.79 Å². The number of halogens is 2. The van der Waals surface area contributed by atoms with E-state index >= 15 is 0 Å². The van der Waals surface area contributed by atoms with Gasteiger partial charge in [0, 0.05) is 46.0 Å². The van der Waals surface area contributed by atoms with Crippen LogP contribution in [0.15, 0.2) is 54.7 Å². The molecule has 0 atom stereocenters. The number of nitrogens with zero attached hydrogens (tertiary/aromatic N) is 2. The van der Waals surface area contributed by atoms with Gasteiger partial charge < -0.3 is 15.0 Å². The van der Waals surface area contributed by atoms with Crippen molar-refractivity contribution >= 4 is 38.9 Å². The van der Waals surface area contributed by atoms with Gasteiger partial charge in [0.05, 0.1) is 12.1 Å². The Labute approximate surface area is 231 Å². The summed E-state index contributed by atoms with van der Waals surface area (Å²) in [6.45, 7) is 2.34. The van der Waals surface area contributed by atoms with Gasteiger partial charge in [-0.05, 0) is 81.1 Å².